The lowest BCUT2D eigenvalue weighted by Gasteiger charge is -2.03. The van der Waals surface area contributed by atoms with E-state index in [0.29, 0.717) is 5.75 Å². The average Bonchev–Trinajstić information content (AvgIpc) is 1.99. The Morgan fingerprint density at radius 2 is 2.09 bits per heavy atom. The lowest BCUT2D eigenvalue weighted by atomic mass is 10.1. The second-order valence-electron chi connectivity index (χ2n) is 2.38. The van der Waals surface area contributed by atoms with E-state index in [1.54, 1.807) is 0 Å². The number of hydrogen-bond donors (Lipinski definition) is 1. The molecule has 60 valence electrons. The maximum atomic E-state index is 9.36. The fourth-order valence-electron chi connectivity index (χ4n) is 0.885. The molecule has 1 aromatic rings. The highest BCUT2D eigenvalue weighted by atomic mass is 79.9. The van der Waals surface area contributed by atoms with Gasteiger partial charge < -0.3 is 5.11 Å². The molecule has 0 unspecified atom stereocenters. The van der Waals surface area contributed by atoms with Crippen LogP contribution in [0.2, 0.25) is 0 Å². The van der Waals surface area contributed by atoms with Gasteiger partial charge in [-0.05, 0) is 40.0 Å². The molecule has 0 aliphatic carbocycles. The number of aromatic hydroxyl groups is 1. The third kappa shape index (κ3) is 1.97. The maximum Gasteiger partial charge on any atom is 0.132 e. The number of phenols is 1. The third-order valence-corrected chi connectivity index (χ3v) is 2.72. The molecule has 0 bridgehead atoms. The lowest BCUT2D eigenvalue weighted by molar-refractivity contribution is 0.467. The highest BCUT2D eigenvalue weighted by Gasteiger charge is 2.02. The first-order valence-corrected chi connectivity index (χ1v) is 5.10. The highest BCUT2D eigenvalue weighted by molar-refractivity contribution is 9.10. The molecule has 1 aromatic carbocycles. The summed E-state index contributed by atoms with van der Waals surface area (Å²) in [6, 6.07) is 3.85. The zero-order chi connectivity index (χ0) is 8.43. The summed E-state index contributed by atoms with van der Waals surface area (Å²) in [4.78, 5) is 0. The predicted molar refractivity (Wildman–Crippen MR) is 53.2 cm³/mol. The molecule has 0 aliphatic rings. The minimum Gasteiger partial charge on any atom is -0.506 e. The summed E-state index contributed by atoms with van der Waals surface area (Å²) in [7, 11) is 0. The van der Waals surface area contributed by atoms with E-state index in [4.69, 9.17) is 0 Å². The van der Waals surface area contributed by atoms with Crippen molar-refractivity contribution < 1.29 is 5.11 Å². The van der Waals surface area contributed by atoms with Crippen LogP contribution >= 0.6 is 31.9 Å². The summed E-state index contributed by atoms with van der Waals surface area (Å²) < 4.78 is 0.756. The molecule has 0 radical (unpaired) electrons. The summed E-state index contributed by atoms with van der Waals surface area (Å²) in [5, 5.41) is 10.2. The maximum absolute atomic E-state index is 9.36. The normalized spacial score (nSPS) is 10.1. The summed E-state index contributed by atoms with van der Waals surface area (Å²) >= 11 is 6.61. The van der Waals surface area contributed by atoms with Gasteiger partial charge in [0.1, 0.15) is 5.75 Å². The van der Waals surface area contributed by atoms with Gasteiger partial charge in [0.15, 0.2) is 0 Å². The van der Waals surface area contributed by atoms with Crippen LogP contribution in [0.1, 0.15) is 11.1 Å². The van der Waals surface area contributed by atoms with Crippen LogP contribution in [-0.4, -0.2) is 5.11 Å². The Kier molecular flexibility index (Phi) is 2.96. The fourth-order valence-corrected chi connectivity index (χ4v) is 1.82. The summed E-state index contributed by atoms with van der Waals surface area (Å²) in [6.07, 6.45) is 0. The first-order valence-electron chi connectivity index (χ1n) is 3.19. The molecule has 0 amide bonds. The molecule has 0 saturated heterocycles. The number of alkyl halides is 1. The molecule has 11 heavy (non-hydrogen) atoms. The molecule has 0 saturated carbocycles. The van der Waals surface area contributed by atoms with Gasteiger partial charge in [-0.3, -0.25) is 0 Å². The van der Waals surface area contributed by atoms with Crippen LogP contribution < -0.4 is 0 Å². The molecule has 0 fully saturated rings. The molecule has 0 aromatic heterocycles. The first kappa shape index (κ1) is 9.07. The lowest BCUT2D eigenvalue weighted by Crippen LogP contribution is -1.82. The van der Waals surface area contributed by atoms with Gasteiger partial charge in [0.2, 0.25) is 0 Å². The van der Waals surface area contributed by atoms with Crippen molar-refractivity contribution in [2.24, 2.45) is 0 Å². The van der Waals surface area contributed by atoms with Crippen LogP contribution in [0.15, 0.2) is 16.6 Å². The Balaban J connectivity index is 3.21. The average molecular weight is 280 g/mol. The van der Waals surface area contributed by atoms with Gasteiger partial charge in [-0.2, -0.15) is 0 Å². The van der Waals surface area contributed by atoms with Crippen molar-refractivity contribution in [2.45, 2.75) is 12.3 Å². The van der Waals surface area contributed by atoms with Crippen LogP contribution in [0.3, 0.4) is 0 Å². The van der Waals surface area contributed by atoms with E-state index >= 15 is 0 Å². The number of benzene rings is 1. The number of phenolic OH excluding ortho intramolecular Hbond substituents is 1. The van der Waals surface area contributed by atoms with Crippen LogP contribution in [0.4, 0.5) is 0 Å². The number of halogens is 2. The van der Waals surface area contributed by atoms with Crippen molar-refractivity contribution in [1.29, 1.82) is 0 Å². The molecule has 0 atom stereocenters. The Morgan fingerprint density at radius 1 is 1.45 bits per heavy atom. The molecule has 1 nitrogen and oxygen atoms in total. The van der Waals surface area contributed by atoms with Gasteiger partial charge in [-0.15, -0.1) is 0 Å². The second-order valence-corrected chi connectivity index (χ2v) is 3.79. The second kappa shape index (κ2) is 3.59. The van der Waals surface area contributed by atoms with Crippen molar-refractivity contribution in [3.05, 3.63) is 27.7 Å². The number of aryl methyl sites for hydroxylation is 1. The largest absolute Gasteiger partial charge is 0.506 e. The molecule has 1 rings (SSSR count). The quantitative estimate of drug-likeness (QED) is 0.782. The monoisotopic (exact) mass is 278 g/mol. The molecule has 1 N–H and O–H groups in total. The van der Waals surface area contributed by atoms with Gasteiger partial charge in [0.25, 0.3) is 0 Å². The Morgan fingerprint density at radius 3 is 2.55 bits per heavy atom. The number of hydrogen-bond acceptors (Lipinski definition) is 1. The van der Waals surface area contributed by atoms with Crippen LogP contribution in [-0.2, 0) is 5.33 Å². The summed E-state index contributed by atoms with van der Waals surface area (Å²) in [5.41, 5.74) is 2.06. The molecule has 0 heterocycles. The fraction of sp³-hybridized carbons (Fsp3) is 0.250. The Hall–Kier alpha value is -0.0200. The summed E-state index contributed by atoms with van der Waals surface area (Å²) in [6.45, 7) is 1.88. The predicted octanol–water partition coefficient (Wildman–Crippen LogP) is 3.36. The SMILES string of the molecule is Cc1cc(CBr)cc(Br)c1O. The van der Waals surface area contributed by atoms with E-state index < -0.39 is 0 Å². The van der Waals surface area contributed by atoms with Crippen LogP contribution in [0.25, 0.3) is 0 Å². The third-order valence-electron chi connectivity index (χ3n) is 1.47. The minimum atomic E-state index is 0.328. The zero-order valence-corrected chi connectivity index (χ0v) is 9.24. The van der Waals surface area contributed by atoms with Crippen molar-refractivity contribution in [1.82, 2.24) is 0 Å². The Labute approximate surface area is 82.7 Å². The topological polar surface area (TPSA) is 20.2 Å². The van der Waals surface area contributed by atoms with Gasteiger partial charge in [0.05, 0.1) is 4.47 Å². The van der Waals surface area contributed by atoms with Crippen molar-refractivity contribution >= 4 is 31.9 Å². The van der Waals surface area contributed by atoms with Gasteiger partial charge in [-0.25, -0.2) is 0 Å². The van der Waals surface area contributed by atoms with Crippen molar-refractivity contribution in [3.8, 4) is 5.75 Å². The smallest absolute Gasteiger partial charge is 0.132 e. The van der Waals surface area contributed by atoms with Crippen molar-refractivity contribution in [3.63, 3.8) is 0 Å². The van der Waals surface area contributed by atoms with E-state index in [0.717, 1.165) is 20.9 Å². The van der Waals surface area contributed by atoms with E-state index in [1.807, 2.05) is 19.1 Å². The van der Waals surface area contributed by atoms with E-state index in [1.165, 1.54) is 0 Å². The standard InChI is InChI=1S/C8H8Br2O/c1-5-2-6(4-9)3-7(10)8(5)11/h2-3,11H,4H2,1H3. The van der Waals surface area contributed by atoms with Crippen LogP contribution in [0.5, 0.6) is 5.75 Å². The van der Waals surface area contributed by atoms with Crippen molar-refractivity contribution in [2.75, 3.05) is 0 Å². The molecular formula is C8H8Br2O. The summed E-state index contributed by atoms with van der Waals surface area (Å²) in [5.74, 6) is 0.328. The van der Waals surface area contributed by atoms with Gasteiger partial charge in [0, 0.05) is 5.33 Å². The first-order chi connectivity index (χ1) is 5.15. The molecule has 0 aliphatic heterocycles. The number of rotatable bonds is 1. The van der Waals surface area contributed by atoms with Gasteiger partial charge in [-0.1, -0.05) is 22.0 Å². The molecule has 3 heteroatoms. The molecular weight excluding hydrogens is 272 g/mol. The minimum absolute atomic E-state index is 0.328. The van der Waals surface area contributed by atoms with E-state index in [9.17, 15) is 5.11 Å². The Bertz CT molecular complexity index is 248. The van der Waals surface area contributed by atoms with Gasteiger partial charge >= 0.3 is 0 Å². The zero-order valence-electron chi connectivity index (χ0n) is 6.06. The van der Waals surface area contributed by atoms with E-state index in [-0.39, 0.29) is 0 Å². The van der Waals surface area contributed by atoms with E-state index in [2.05, 4.69) is 31.9 Å². The highest BCUT2D eigenvalue weighted by Crippen LogP contribution is 2.29. The van der Waals surface area contributed by atoms with Crippen LogP contribution in [0, 0.1) is 6.92 Å². The molecule has 0 spiro atoms.